The molecule has 1 saturated carbocycles. The van der Waals surface area contributed by atoms with Crippen molar-refractivity contribution in [3.05, 3.63) is 35.9 Å². The van der Waals surface area contributed by atoms with Gasteiger partial charge in [-0.25, -0.2) is 0 Å². The zero-order valence-corrected chi connectivity index (χ0v) is 15.1. The summed E-state index contributed by atoms with van der Waals surface area (Å²) in [5.74, 6) is 1.17. The maximum atomic E-state index is 12.6. The highest BCUT2D eigenvalue weighted by molar-refractivity contribution is 5.79. The topological polar surface area (TPSA) is 49.4 Å². The minimum absolute atomic E-state index is 0.126. The number of nitrogens with one attached hydrogen (secondary N) is 1. The molecule has 25 heavy (non-hydrogen) atoms. The van der Waals surface area contributed by atoms with Crippen molar-refractivity contribution in [3.8, 4) is 0 Å². The van der Waals surface area contributed by atoms with E-state index in [1.807, 2.05) is 35.2 Å². The lowest BCUT2D eigenvalue weighted by Crippen LogP contribution is -2.43. The van der Waals surface area contributed by atoms with Crippen LogP contribution >= 0.6 is 0 Å². The van der Waals surface area contributed by atoms with Gasteiger partial charge in [-0.3, -0.25) is 9.59 Å². The predicted octanol–water partition coefficient (Wildman–Crippen LogP) is 3.51. The van der Waals surface area contributed by atoms with Gasteiger partial charge in [0.2, 0.25) is 11.8 Å². The van der Waals surface area contributed by atoms with E-state index in [2.05, 4.69) is 5.32 Å². The summed E-state index contributed by atoms with van der Waals surface area (Å²) in [6, 6.07) is 10.0. The third kappa shape index (κ3) is 5.32. The van der Waals surface area contributed by atoms with E-state index < -0.39 is 0 Å². The van der Waals surface area contributed by atoms with Crippen LogP contribution in [-0.2, 0) is 16.1 Å². The normalized spacial score (nSPS) is 19.6. The maximum Gasteiger partial charge on any atom is 0.225 e. The Labute approximate surface area is 151 Å². The van der Waals surface area contributed by atoms with Crippen LogP contribution in [0.1, 0.15) is 56.9 Å². The molecule has 0 radical (unpaired) electrons. The monoisotopic (exact) mass is 342 g/mol. The highest BCUT2D eigenvalue weighted by Gasteiger charge is 2.29. The second kappa shape index (κ2) is 9.02. The van der Waals surface area contributed by atoms with Crippen LogP contribution in [0.15, 0.2) is 30.3 Å². The molecule has 2 amide bonds. The van der Waals surface area contributed by atoms with Gasteiger partial charge in [-0.15, -0.1) is 0 Å². The Bertz CT molecular complexity index is 559. The van der Waals surface area contributed by atoms with Crippen LogP contribution < -0.4 is 5.32 Å². The molecule has 1 aromatic carbocycles. The fraction of sp³-hybridized carbons (Fsp3) is 0.619. The molecule has 0 bridgehead atoms. The Balaban J connectivity index is 1.37. The van der Waals surface area contributed by atoms with Crippen molar-refractivity contribution in [2.24, 2.45) is 11.8 Å². The minimum Gasteiger partial charge on any atom is -0.352 e. The lowest BCUT2D eigenvalue weighted by molar-refractivity contribution is -0.138. The predicted molar refractivity (Wildman–Crippen MR) is 98.8 cm³/mol. The summed E-state index contributed by atoms with van der Waals surface area (Å²) < 4.78 is 0. The van der Waals surface area contributed by atoms with Crippen molar-refractivity contribution in [3.63, 3.8) is 0 Å². The van der Waals surface area contributed by atoms with E-state index in [-0.39, 0.29) is 11.8 Å². The Kier molecular flexibility index (Phi) is 6.48. The Morgan fingerprint density at radius 2 is 1.64 bits per heavy atom. The van der Waals surface area contributed by atoms with Crippen LogP contribution in [0.5, 0.6) is 0 Å². The molecule has 1 aromatic rings. The summed E-state index contributed by atoms with van der Waals surface area (Å²) in [5.41, 5.74) is 1.13. The molecule has 0 spiro atoms. The van der Waals surface area contributed by atoms with Crippen molar-refractivity contribution >= 4 is 11.8 Å². The highest BCUT2D eigenvalue weighted by Crippen LogP contribution is 2.28. The second-order valence-electron chi connectivity index (χ2n) is 7.57. The third-order valence-electron chi connectivity index (χ3n) is 5.69. The summed E-state index contributed by atoms with van der Waals surface area (Å²) in [6.07, 6.45) is 8.32. The molecule has 3 rings (SSSR count). The molecule has 2 fully saturated rings. The first-order valence-corrected chi connectivity index (χ1v) is 9.82. The lowest BCUT2D eigenvalue weighted by Gasteiger charge is -2.35. The summed E-state index contributed by atoms with van der Waals surface area (Å²) in [4.78, 5) is 26.8. The fourth-order valence-corrected chi connectivity index (χ4v) is 4.10. The van der Waals surface area contributed by atoms with Crippen molar-refractivity contribution in [1.82, 2.24) is 10.2 Å². The van der Waals surface area contributed by atoms with Gasteiger partial charge in [0.15, 0.2) is 0 Å². The van der Waals surface area contributed by atoms with Gasteiger partial charge in [-0.2, -0.15) is 0 Å². The molecule has 1 heterocycles. The van der Waals surface area contributed by atoms with Crippen LogP contribution in [-0.4, -0.2) is 29.8 Å². The number of nitrogens with zero attached hydrogens (tertiary/aromatic N) is 1. The van der Waals surface area contributed by atoms with Crippen molar-refractivity contribution in [1.29, 1.82) is 0 Å². The molecule has 1 aliphatic heterocycles. The Morgan fingerprint density at radius 3 is 2.32 bits per heavy atom. The average Bonchev–Trinajstić information content (AvgIpc) is 2.68. The molecule has 1 N–H and O–H groups in total. The largest absolute Gasteiger partial charge is 0.352 e. The van der Waals surface area contributed by atoms with Gasteiger partial charge in [-0.1, -0.05) is 49.6 Å². The van der Waals surface area contributed by atoms with Crippen LogP contribution in [0.25, 0.3) is 0 Å². The van der Waals surface area contributed by atoms with Crippen LogP contribution in [0.3, 0.4) is 0 Å². The molecule has 2 aliphatic rings. The SMILES string of the molecule is O=C(CC1CCN(C(=O)C2CCCCC2)CC1)NCc1ccccc1. The zero-order chi connectivity index (χ0) is 17.5. The van der Waals surface area contributed by atoms with Crippen molar-refractivity contribution in [2.45, 2.75) is 57.9 Å². The quantitative estimate of drug-likeness (QED) is 0.890. The number of piperidine rings is 1. The average molecular weight is 342 g/mol. The lowest BCUT2D eigenvalue weighted by atomic mass is 9.87. The number of amides is 2. The standard InChI is InChI=1S/C21H30N2O2/c24-20(22-16-18-7-3-1-4-8-18)15-17-11-13-23(14-12-17)21(25)19-9-5-2-6-10-19/h1,3-4,7-8,17,19H,2,5-6,9-16H2,(H,22,24). The van der Waals surface area contributed by atoms with Crippen molar-refractivity contribution < 1.29 is 9.59 Å². The van der Waals surface area contributed by atoms with Crippen molar-refractivity contribution in [2.75, 3.05) is 13.1 Å². The van der Waals surface area contributed by atoms with Gasteiger partial charge >= 0.3 is 0 Å². The first-order valence-electron chi connectivity index (χ1n) is 9.82. The van der Waals surface area contributed by atoms with E-state index in [1.54, 1.807) is 0 Å². The van der Waals surface area contributed by atoms with Gasteiger partial charge < -0.3 is 10.2 Å². The number of hydrogen-bond acceptors (Lipinski definition) is 2. The molecule has 1 aliphatic carbocycles. The Morgan fingerprint density at radius 1 is 0.960 bits per heavy atom. The molecule has 0 aromatic heterocycles. The first kappa shape index (κ1) is 18.0. The minimum atomic E-state index is 0.126. The van der Waals surface area contributed by atoms with E-state index in [9.17, 15) is 9.59 Å². The molecule has 136 valence electrons. The van der Waals surface area contributed by atoms with Gasteiger partial charge in [0, 0.05) is 32.0 Å². The summed E-state index contributed by atoms with van der Waals surface area (Å²) in [7, 11) is 0. The van der Waals surface area contributed by atoms with E-state index in [1.165, 1.54) is 19.3 Å². The fourth-order valence-electron chi connectivity index (χ4n) is 4.10. The molecule has 0 unspecified atom stereocenters. The molecule has 0 atom stereocenters. The number of rotatable bonds is 5. The van der Waals surface area contributed by atoms with E-state index >= 15 is 0 Å². The molecule has 1 saturated heterocycles. The highest BCUT2D eigenvalue weighted by atomic mass is 16.2. The third-order valence-corrected chi connectivity index (χ3v) is 5.69. The number of carbonyl (C=O) groups excluding carboxylic acids is 2. The maximum absolute atomic E-state index is 12.6. The summed E-state index contributed by atoms with van der Waals surface area (Å²) in [6.45, 7) is 2.25. The zero-order valence-electron chi connectivity index (χ0n) is 15.1. The smallest absolute Gasteiger partial charge is 0.225 e. The first-order chi connectivity index (χ1) is 12.2. The molecule has 4 heteroatoms. The van der Waals surface area contributed by atoms with E-state index in [0.29, 0.717) is 24.8 Å². The van der Waals surface area contributed by atoms with Gasteiger partial charge in [0.1, 0.15) is 0 Å². The van der Waals surface area contributed by atoms with Crippen LogP contribution in [0.4, 0.5) is 0 Å². The molecule has 4 nitrogen and oxygen atoms in total. The number of likely N-dealkylation sites (tertiary alicyclic amines) is 1. The summed E-state index contributed by atoms with van der Waals surface area (Å²) in [5, 5.41) is 3.01. The van der Waals surface area contributed by atoms with Gasteiger partial charge in [0.05, 0.1) is 0 Å². The van der Waals surface area contributed by atoms with E-state index in [0.717, 1.165) is 44.3 Å². The van der Waals surface area contributed by atoms with Crippen LogP contribution in [0.2, 0.25) is 0 Å². The summed E-state index contributed by atoms with van der Waals surface area (Å²) >= 11 is 0. The van der Waals surface area contributed by atoms with Gasteiger partial charge in [-0.05, 0) is 37.2 Å². The molecular formula is C21H30N2O2. The Hall–Kier alpha value is -1.84. The van der Waals surface area contributed by atoms with E-state index in [4.69, 9.17) is 0 Å². The number of hydrogen-bond donors (Lipinski definition) is 1. The molecular weight excluding hydrogens is 312 g/mol. The van der Waals surface area contributed by atoms with Gasteiger partial charge in [0.25, 0.3) is 0 Å². The number of benzene rings is 1. The number of carbonyl (C=O) groups is 2. The van der Waals surface area contributed by atoms with Crippen LogP contribution in [0, 0.1) is 11.8 Å². The second-order valence-corrected chi connectivity index (χ2v) is 7.57.